The smallest absolute Gasteiger partial charge is 0.176 e. The molecule has 0 bridgehead atoms. The fourth-order valence-electron chi connectivity index (χ4n) is 22.8. The third kappa shape index (κ3) is 8.00. The Balaban J connectivity index is 0.000000132. The summed E-state index contributed by atoms with van der Waals surface area (Å²) in [6.07, 6.45) is 28.2. The van der Waals surface area contributed by atoms with Gasteiger partial charge in [0.15, 0.2) is 5.79 Å². The van der Waals surface area contributed by atoms with Gasteiger partial charge >= 0.3 is 0 Å². The summed E-state index contributed by atoms with van der Waals surface area (Å²) < 4.78 is 12.4. The Morgan fingerprint density at radius 3 is 1.46 bits per heavy atom. The maximum atomic E-state index is 12.4. The molecule has 0 radical (unpaired) electrons. The molecule has 12 saturated carbocycles. The van der Waals surface area contributed by atoms with Crippen LogP contribution < -0.4 is 0 Å². The molecule has 1 saturated heterocycles. The predicted octanol–water partition coefficient (Wildman–Crippen LogP) is 11.3. The van der Waals surface area contributed by atoms with Crippen molar-refractivity contribution in [1.82, 2.24) is 0 Å². The van der Waals surface area contributed by atoms with Gasteiger partial charge in [-0.1, -0.05) is 67.0 Å². The van der Waals surface area contributed by atoms with Crippen molar-refractivity contribution < 1.29 is 45.3 Å². The minimum absolute atomic E-state index is 0. The zero-order valence-electron chi connectivity index (χ0n) is 45.9. The molecule has 0 aromatic heterocycles. The van der Waals surface area contributed by atoms with E-state index in [0.717, 1.165) is 94.3 Å². The highest BCUT2D eigenvalue weighted by molar-refractivity contribution is 5.87. The Labute approximate surface area is 436 Å². The van der Waals surface area contributed by atoms with Crippen LogP contribution in [-0.2, 0) is 19.7 Å². The van der Waals surface area contributed by atoms with E-state index in [2.05, 4.69) is 54.5 Å². The number of allylic oxidation sites excluding steroid dienone is 1. The first kappa shape index (κ1) is 55.8. The van der Waals surface area contributed by atoms with Gasteiger partial charge in [-0.05, 0) is 242 Å². The monoisotopic (exact) mass is 1010 g/mol. The SMILES string of the molecule is C.C/C=C1\CCC2C3CC[C@@H]4C[C@H](O)CC[C@]4(C)C3C[C@H](O)[C@]12C.C[C@@H]1CC[C@]2(C)C3C[C@H](O)[C@@]4(C)C(CCC45OCCO5)C3CC[C@@H]2C1.C[C@]12CC[C@@H](O)C[C@H]1CCC1C2C[C@H](O)[C@]2(C)C(=O)CCC12.[OH3+]. The summed E-state index contributed by atoms with van der Waals surface area (Å²) >= 11 is 0. The Bertz CT molecular complexity index is 1980. The summed E-state index contributed by atoms with van der Waals surface area (Å²) in [4.78, 5) is 12.4. The molecule has 9 unspecified atom stereocenters. The minimum Gasteiger partial charge on any atom is -0.457 e. The lowest BCUT2D eigenvalue weighted by Gasteiger charge is -2.62. The number of hydrogen-bond acceptors (Lipinski definition) is 8. The number of carbonyl (C=O) groups excluding carboxylic acids is 1. The maximum absolute atomic E-state index is 12.4. The van der Waals surface area contributed by atoms with E-state index < -0.39 is 17.3 Å². The Morgan fingerprint density at radius 1 is 0.486 bits per heavy atom. The van der Waals surface area contributed by atoms with Crippen LogP contribution in [0.4, 0.5) is 0 Å². The van der Waals surface area contributed by atoms with Gasteiger partial charge in [0.2, 0.25) is 0 Å². The lowest BCUT2D eigenvalue weighted by molar-refractivity contribution is -0.279. The molecule has 0 aromatic carbocycles. The van der Waals surface area contributed by atoms with E-state index in [4.69, 9.17) is 9.47 Å². The molecule has 412 valence electrons. The lowest BCUT2D eigenvalue weighted by Crippen LogP contribution is -2.62. The lowest BCUT2D eigenvalue weighted by atomic mass is 9.44. The number of aliphatic hydroxyl groups excluding tert-OH is 5. The molecular formula is C63H107O9+. The Kier molecular flexibility index (Phi) is 15.3. The van der Waals surface area contributed by atoms with Gasteiger partial charge in [-0.25, -0.2) is 0 Å². The fraction of sp³-hybridized carbons (Fsp3) is 0.952. The standard InChI is InChI=1S/C22H36O3.C21H34O2.C19H30O3.CH4.H2O/c1-14-6-8-20(2)15(12-14)4-5-16-17-7-9-22(24-10-11-25-22)21(17,3)19(23)13-18(16)20;1-4-13-6-8-17-16-7-5-14-11-15(22)9-10-20(14,2)18(16)12-19(23)21(13,17)3;1-18-8-7-12(20)9-11(18)3-4-13-14-5-6-16(21)19(14,2)17(22)10-15(13)18;;/h14-19,23H,4-13H2,1-3H3;4,14-19,22-23H,5-12H2,1-3H3;11-15,17,20,22H,3-10H2,1-2H3;1H4;1H2/p+1/b;13-4+;;;/t2*14-,15-,16?,17?,18?,19+,20+,21-;11-,12-,13?,14?,15?,17+,18+,19+;;/m111../s1. The fourth-order valence-corrected chi connectivity index (χ4v) is 22.8. The summed E-state index contributed by atoms with van der Waals surface area (Å²) in [5.74, 6) is 8.53. The van der Waals surface area contributed by atoms with Crippen LogP contribution in [0.25, 0.3) is 0 Å². The zero-order chi connectivity index (χ0) is 49.6. The molecule has 24 atom stereocenters. The van der Waals surface area contributed by atoms with Crippen LogP contribution in [0, 0.1) is 109 Å². The molecular weight excluding hydrogens is 901 g/mol. The van der Waals surface area contributed by atoms with Crippen molar-refractivity contribution >= 4 is 5.78 Å². The van der Waals surface area contributed by atoms with Crippen molar-refractivity contribution in [2.24, 2.45) is 109 Å². The van der Waals surface area contributed by atoms with E-state index in [1.807, 2.05) is 6.92 Å². The molecule has 12 aliphatic carbocycles. The largest absolute Gasteiger partial charge is 0.457 e. The van der Waals surface area contributed by atoms with E-state index in [9.17, 15) is 30.3 Å². The van der Waals surface area contributed by atoms with E-state index >= 15 is 0 Å². The first-order valence-corrected chi connectivity index (χ1v) is 30.1. The van der Waals surface area contributed by atoms with Crippen LogP contribution in [0.15, 0.2) is 11.6 Å². The van der Waals surface area contributed by atoms with Gasteiger partial charge in [0.1, 0.15) is 5.78 Å². The van der Waals surface area contributed by atoms with E-state index in [-0.39, 0.29) is 53.6 Å². The molecule has 13 rings (SSSR count). The van der Waals surface area contributed by atoms with Gasteiger partial charge in [0.05, 0.1) is 54.6 Å². The molecule has 13 fully saturated rings. The molecule has 1 spiro atoms. The number of ketones is 1. The number of fused-ring (bicyclic) bond motifs is 16. The molecule has 1 heterocycles. The second-order valence-electron chi connectivity index (χ2n) is 29.1. The van der Waals surface area contributed by atoms with Crippen molar-refractivity contribution in [3.05, 3.63) is 11.6 Å². The molecule has 9 heteroatoms. The molecule has 9 nitrogen and oxygen atoms in total. The second-order valence-corrected chi connectivity index (χ2v) is 29.1. The third-order valence-electron chi connectivity index (χ3n) is 27.2. The van der Waals surface area contributed by atoms with Crippen molar-refractivity contribution in [1.29, 1.82) is 0 Å². The van der Waals surface area contributed by atoms with E-state index in [1.54, 1.807) is 0 Å². The Morgan fingerprint density at radius 2 is 0.931 bits per heavy atom. The minimum atomic E-state index is -0.499. The molecule has 13 aliphatic rings. The van der Waals surface area contributed by atoms with E-state index in [0.29, 0.717) is 89.5 Å². The van der Waals surface area contributed by atoms with Crippen LogP contribution in [0.1, 0.15) is 217 Å². The topological polar surface area (TPSA) is 170 Å². The van der Waals surface area contributed by atoms with Crippen LogP contribution in [0.3, 0.4) is 0 Å². The van der Waals surface area contributed by atoms with Gasteiger partial charge < -0.3 is 40.5 Å². The number of hydrogen-bond donors (Lipinski definition) is 5. The average Bonchev–Trinajstić information content (AvgIpc) is 4.11. The predicted molar refractivity (Wildman–Crippen MR) is 286 cm³/mol. The Hall–Kier alpha value is -0.910. The number of ether oxygens (including phenoxy) is 2. The highest BCUT2D eigenvalue weighted by Crippen LogP contribution is 2.71. The molecule has 0 aromatic rings. The van der Waals surface area contributed by atoms with Crippen molar-refractivity contribution in [2.75, 3.05) is 13.2 Å². The molecule has 8 N–H and O–H groups in total. The molecule has 0 amide bonds. The van der Waals surface area contributed by atoms with Crippen LogP contribution in [0.2, 0.25) is 0 Å². The first-order chi connectivity index (χ1) is 33.2. The number of rotatable bonds is 0. The highest BCUT2D eigenvalue weighted by Gasteiger charge is 2.71. The summed E-state index contributed by atoms with van der Waals surface area (Å²) in [7, 11) is 0. The zero-order valence-corrected chi connectivity index (χ0v) is 45.9. The normalized spacial score (nSPS) is 56.0. The second kappa shape index (κ2) is 19.8. The maximum Gasteiger partial charge on any atom is 0.176 e. The average molecular weight is 1010 g/mol. The first-order valence-electron chi connectivity index (χ1n) is 30.1. The molecule has 1 aliphatic heterocycles. The number of aliphatic hydroxyl groups is 5. The van der Waals surface area contributed by atoms with Crippen LogP contribution in [-0.4, -0.2) is 80.8 Å². The van der Waals surface area contributed by atoms with E-state index in [1.165, 1.54) is 82.6 Å². The molecule has 72 heavy (non-hydrogen) atoms. The van der Waals surface area contributed by atoms with Crippen molar-refractivity contribution in [3.8, 4) is 0 Å². The highest BCUT2D eigenvalue weighted by atomic mass is 16.7. The summed E-state index contributed by atoms with van der Waals surface area (Å²) in [6.45, 7) is 20.1. The van der Waals surface area contributed by atoms with Crippen LogP contribution >= 0.6 is 0 Å². The summed E-state index contributed by atoms with van der Waals surface area (Å²) in [5, 5.41) is 53.5. The van der Waals surface area contributed by atoms with Crippen molar-refractivity contribution in [3.63, 3.8) is 0 Å². The van der Waals surface area contributed by atoms with Crippen molar-refractivity contribution in [2.45, 2.75) is 253 Å². The summed E-state index contributed by atoms with van der Waals surface area (Å²) in [6, 6.07) is 0. The van der Waals surface area contributed by atoms with Gasteiger partial charge in [-0.3, -0.25) is 4.79 Å². The van der Waals surface area contributed by atoms with Gasteiger partial charge in [0, 0.05) is 18.3 Å². The third-order valence-corrected chi connectivity index (χ3v) is 27.2. The van der Waals surface area contributed by atoms with Crippen LogP contribution in [0.5, 0.6) is 0 Å². The number of carbonyl (C=O) groups is 1. The number of Topliss-reactive ketones (excluding diaryl/α,β-unsaturated/α-hetero) is 1. The quantitative estimate of drug-likeness (QED) is 0.118. The van der Waals surface area contributed by atoms with Gasteiger partial charge in [-0.2, -0.15) is 0 Å². The summed E-state index contributed by atoms with van der Waals surface area (Å²) in [5.41, 5.74) is 1.92. The van der Waals surface area contributed by atoms with Gasteiger partial charge in [0.25, 0.3) is 0 Å². The van der Waals surface area contributed by atoms with Gasteiger partial charge in [-0.15, -0.1) is 0 Å².